The second kappa shape index (κ2) is 5.61. The van der Waals surface area contributed by atoms with E-state index in [9.17, 15) is 9.59 Å². The number of ether oxygens (including phenoxy) is 1. The predicted octanol–water partition coefficient (Wildman–Crippen LogP) is 1.81. The van der Waals surface area contributed by atoms with E-state index in [1.165, 1.54) is 7.11 Å². The third-order valence-electron chi connectivity index (χ3n) is 3.21. The molecule has 19 heavy (non-hydrogen) atoms. The fourth-order valence-corrected chi connectivity index (χ4v) is 2.67. The maximum atomic E-state index is 12.5. The molecule has 1 aliphatic rings. The van der Waals surface area contributed by atoms with Gasteiger partial charge < -0.3 is 15.4 Å². The summed E-state index contributed by atoms with van der Waals surface area (Å²) in [5.74, 6) is -0.571. The van der Waals surface area contributed by atoms with Crippen LogP contribution in [0.5, 0.6) is 0 Å². The topological polar surface area (TPSA) is 72.6 Å². The number of esters is 1. The molecule has 0 aliphatic carbocycles. The lowest BCUT2D eigenvalue weighted by Gasteiger charge is -2.23. The number of nitrogen functional groups attached to an aromatic ring is 1. The van der Waals surface area contributed by atoms with Crippen LogP contribution >= 0.6 is 15.9 Å². The van der Waals surface area contributed by atoms with E-state index >= 15 is 0 Å². The molecule has 0 spiro atoms. The smallest absolute Gasteiger partial charge is 0.328 e. The van der Waals surface area contributed by atoms with Crippen molar-refractivity contribution in [1.82, 2.24) is 4.90 Å². The average Bonchev–Trinajstić information content (AvgIpc) is 2.89. The number of nitrogens with two attached hydrogens (primary N) is 1. The fourth-order valence-electron chi connectivity index (χ4n) is 2.25. The monoisotopic (exact) mass is 326 g/mol. The summed E-state index contributed by atoms with van der Waals surface area (Å²) in [6, 6.07) is 4.55. The maximum absolute atomic E-state index is 12.5. The summed E-state index contributed by atoms with van der Waals surface area (Å²) in [5, 5.41) is 0. The van der Waals surface area contributed by atoms with Gasteiger partial charge in [0.05, 0.1) is 12.7 Å². The molecule has 1 amide bonds. The minimum absolute atomic E-state index is 0.202. The molecule has 102 valence electrons. The maximum Gasteiger partial charge on any atom is 0.328 e. The molecule has 1 unspecified atom stereocenters. The van der Waals surface area contributed by atoms with Crippen molar-refractivity contribution in [3.05, 3.63) is 28.2 Å². The van der Waals surface area contributed by atoms with Crippen LogP contribution < -0.4 is 5.73 Å². The largest absolute Gasteiger partial charge is 0.467 e. The Kier molecular flexibility index (Phi) is 4.09. The lowest BCUT2D eigenvalue weighted by Crippen LogP contribution is -2.41. The molecule has 1 saturated heterocycles. The summed E-state index contributed by atoms with van der Waals surface area (Å²) in [6.07, 6.45) is 1.43. The van der Waals surface area contributed by atoms with Gasteiger partial charge in [0.15, 0.2) is 0 Å². The minimum atomic E-state index is -0.495. The molecule has 1 fully saturated rings. The number of hydrogen-bond donors (Lipinski definition) is 1. The van der Waals surface area contributed by atoms with Crippen molar-refractivity contribution in [3.63, 3.8) is 0 Å². The van der Waals surface area contributed by atoms with Crippen molar-refractivity contribution in [2.24, 2.45) is 0 Å². The highest BCUT2D eigenvalue weighted by atomic mass is 79.9. The van der Waals surface area contributed by atoms with Gasteiger partial charge in [0.25, 0.3) is 5.91 Å². The Bertz CT molecular complexity index is 519. The van der Waals surface area contributed by atoms with E-state index in [1.54, 1.807) is 23.1 Å². The third-order valence-corrected chi connectivity index (χ3v) is 3.90. The molecule has 6 heteroatoms. The van der Waals surface area contributed by atoms with Gasteiger partial charge in [0, 0.05) is 16.7 Å². The first-order valence-electron chi connectivity index (χ1n) is 5.98. The highest BCUT2D eigenvalue weighted by Gasteiger charge is 2.35. The number of carbonyl (C=O) groups excluding carboxylic acids is 2. The summed E-state index contributed by atoms with van der Waals surface area (Å²) in [6.45, 7) is 0.555. The Hall–Kier alpha value is -1.56. The predicted molar refractivity (Wildman–Crippen MR) is 74.6 cm³/mol. The van der Waals surface area contributed by atoms with Gasteiger partial charge in [-0.1, -0.05) is 0 Å². The molecule has 2 N–H and O–H groups in total. The lowest BCUT2D eigenvalue weighted by molar-refractivity contribution is -0.145. The zero-order valence-corrected chi connectivity index (χ0v) is 12.1. The van der Waals surface area contributed by atoms with Crippen LogP contribution in [0.3, 0.4) is 0 Å². The van der Waals surface area contributed by atoms with Crippen molar-refractivity contribution in [1.29, 1.82) is 0 Å². The summed E-state index contributed by atoms with van der Waals surface area (Å²) in [4.78, 5) is 25.7. The Balaban J connectivity index is 2.28. The summed E-state index contributed by atoms with van der Waals surface area (Å²) in [7, 11) is 1.33. The van der Waals surface area contributed by atoms with Crippen LogP contribution in [0.4, 0.5) is 5.69 Å². The van der Waals surface area contributed by atoms with Crippen LogP contribution in [0.2, 0.25) is 0 Å². The van der Waals surface area contributed by atoms with Crippen molar-refractivity contribution in [2.45, 2.75) is 18.9 Å². The molecular formula is C13H15BrN2O3. The highest BCUT2D eigenvalue weighted by Crippen LogP contribution is 2.26. The lowest BCUT2D eigenvalue weighted by atomic mass is 10.1. The number of hydrogen-bond acceptors (Lipinski definition) is 4. The van der Waals surface area contributed by atoms with Crippen LogP contribution in [-0.4, -0.2) is 36.5 Å². The molecule has 1 aromatic rings. The molecular weight excluding hydrogens is 312 g/mol. The van der Waals surface area contributed by atoms with Gasteiger partial charge in [-0.3, -0.25) is 4.79 Å². The first-order valence-corrected chi connectivity index (χ1v) is 6.77. The summed E-state index contributed by atoms with van der Waals surface area (Å²) >= 11 is 3.33. The van der Waals surface area contributed by atoms with Crippen LogP contribution in [0.1, 0.15) is 23.2 Å². The van der Waals surface area contributed by atoms with Gasteiger partial charge >= 0.3 is 5.97 Å². The average molecular weight is 327 g/mol. The fraction of sp³-hybridized carbons (Fsp3) is 0.385. The highest BCUT2D eigenvalue weighted by molar-refractivity contribution is 9.10. The normalized spacial score (nSPS) is 18.4. The molecule has 0 saturated carbocycles. The van der Waals surface area contributed by atoms with Crippen molar-refractivity contribution < 1.29 is 14.3 Å². The molecule has 5 nitrogen and oxygen atoms in total. The van der Waals surface area contributed by atoms with E-state index in [0.29, 0.717) is 28.7 Å². The van der Waals surface area contributed by atoms with Crippen molar-refractivity contribution >= 4 is 33.5 Å². The summed E-state index contributed by atoms with van der Waals surface area (Å²) in [5.41, 5.74) is 6.68. The van der Waals surface area contributed by atoms with E-state index in [2.05, 4.69) is 15.9 Å². The Morgan fingerprint density at radius 1 is 1.47 bits per heavy atom. The number of anilines is 1. The zero-order chi connectivity index (χ0) is 14.0. The quantitative estimate of drug-likeness (QED) is 0.664. The number of benzene rings is 1. The first-order chi connectivity index (χ1) is 9.04. The third kappa shape index (κ3) is 2.73. The molecule has 2 rings (SSSR count). The Morgan fingerprint density at radius 3 is 2.89 bits per heavy atom. The zero-order valence-electron chi connectivity index (χ0n) is 10.6. The standard InChI is InChI=1S/C13H15BrN2O3/c1-19-13(18)11-3-2-6-16(11)12(17)9-7-8(15)4-5-10(9)14/h4-5,7,11H,2-3,6,15H2,1H3. The molecule has 0 radical (unpaired) electrons. The number of amides is 1. The van der Waals surface area contributed by atoms with Crippen LogP contribution in [0.25, 0.3) is 0 Å². The van der Waals surface area contributed by atoms with Crippen LogP contribution in [0.15, 0.2) is 22.7 Å². The summed E-state index contributed by atoms with van der Waals surface area (Å²) < 4.78 is 5.40. The van der Waals surface area contributed by atoms with Gasteiger partial charge in [-0.15, -0.1) is 0 Å². The van der Waals surface area contributed by atoms with E-state index < -0.39 is 6.04 Å². The number of methoxy groups -OCH3 is 1. The van der Waals surface area contributed by atoms with Gasteiger partial charge in [-0.25, -0.2) is 4.79 Å². The van der Waals surface area contributed by atoms with E-state index in [1.807, 2.05) is 0 Å². The van der Waals surface area contributed by atoms with Crippen molar-refractivity contribution in [2.75, 3.05) is 19.4 Å². The van der Waals surface area contributed by atoms with Crippen LogP contribution in [0, 0.1) is 0 Å². The van der Waals surface area contributed by atoms with Crippen molar-refractivity contribution in [3.8, 4) is 0 Å². The second-order valence-corrected chi connectivity index (χ2v) is 5.27. The molecule has 0 bridgehead atoms. The van der Waals surface area contributed by atoms with E-state index in [4.69, 9.17) is 10.5 Å². The SMILES string of the molecule is COC(=O)C1CCCN1C(=O)c1cc(N)ccc1Br. The van der Waals surface area contributed by atoms with Gasteiger partial charge in [0.2, 0.25) is 0 Å². The van der Waals surface area contributed by atoms with E-state index in [-0.39, 0.29) is 11.9 Å². The van der Waals surface area contributed by atoms with Gasteiger partial charge in [0.1, 0.15) is 6.04 Å². The van der Waals surface area contributed by atoms with Gasteiger partial charge in [-0.2, -0.15) is 0 Å². The second-order valence-electron chi connectivity index (χ2n) is 4.42. The van der Waals surface area contributed by atoms with Gasteiger partial charge in [-0.05, 0) is 47.0 Å². The van der Waals surface area contributed by atoms with E-state index in [0.717, 1.165) is 6.42 Å². The number of rotatable bonds is 2. The Labute approximate surface area is 119 Å². The molecule has 1 heterocycles. The number of halogens is 1. The Morgan fingerprint density at radius 2 is 2.21 bits per heavy atom. The first kappa shape index (κ1) is 13.9. The van der Waals surface area contributed by atoms with Crippen LogP contribution in [-0.2, 0) is 9.53 Å². The number of carbonyl (C=O) groups is 2. The molecule has 1 aliphatic heterocycles. The number of nitrogens with zero attached hydrogens (tertiary/aromatic N) is 1. The number of likely N-dealkylation sites (tertiary alicyclic amines) is 1. The molecule has 1 atom stereocenters. The minimum Gasteiger partial charge on any atom is -0.467 e. The molecule has 0 aromatic heterocycles. The molecule has 1 aromatic carbocycles.